The smallest absolute Gasteiger partial charge is 0.251 e. The summed E-state index contributed by atoms with van der Waals surface area (Å²) in [6.07, 6.45) is 0. The van der Waals surface area contributed by atoms with Gasteiger partial charge in [-0.2, -0.15) is 0 Å². The second-order valence-corrected chi connectivity index (χ2v) is 3.74. The molecule has 0 unspecified atom stereocenters. The van der Waals surface area contributed by atoms with Gasteiger partial charge in [0.15, 0.2) is 0 Å². The van der Waals surface area contributed by atoms with Gasteiger partial charge >= 0.3 is 0 Å². The number of hydrogen-bond donors (Lipinski definition) is 3. The van der Waals surface area contributed by atoms with Crippen LogP contribution in [0.5, 0.6) is 0 Å². The number of carbonyl (C=O) groups excluding carboxylic acids is 2. The highest BCUT2D eigenvalue weighted by molar-refractivity contribution is 7.80. The fraction of sp³-hybridized carbons (Fsp3) is 0.182. The maximum atomic E-state index is 11.6. The third-order valence-corrected chi connectivity index (χ3v) is 2.36. The Labute approximate surface area is 104 Å². The lowest BCUT2D eigenvalue weighted by Gasteiger charge is -2.05. The van der Waals surface area contributed by atoms with Gasteiger partial charge in [0.25, 0.3) is 5.91 Å². The van der Waals surface area contributed by atoms with E-state index in [0.29, 0.717) is 11.1 Å². The van der Waals surface area contributed by atoms with Crippen molar-refractivity contribution in [2.24, 2.45) is 5.73 Å². The SMILES string of the molecule is CNC(=O)CNC(=O)c1ccc(C(N)=S)cc1. The van der Waals surface area contributed by atoms with Crippen LogP contribution < -0.4 is 16.4 Å². The highest BCUT2D eigenvalue weighted by Gasteiger charge is 2.07. The van der Waals surface area contributed by atoms with Crippen LogP contribution in [-0.2, 0) is 4.79 Å². The van der Waals surface area contributed by atoms with E-state index in [4.69, 9.17) is 18.0 Å². The van der Waals surface area contributed by atoms with Crippen molar-refractivity contribution in [3.8, 4) is 0 Å². The average molecular weight is 251 g/mol. The first-order chi connectivity index (χ1) is 8.04. The Morgan fingerprint density at radius 3 is 2.24 bits per heavy atom. The highest BCUT2D eigenvalue weighted by Crippen LogP contribution is 2.04. The number of benzene rings is 1. The average Bonchev–Trinajstić information content (AvgIpc) is 2.35. The van der Waals surface area contributed by atoms with E-state index in [2.05, 4.69) is 10.6 Å². The summed E-state index contributed by atoms with van der Waals surface area (Å²) in [6, 6.07) is 6.54. The lowest BCUT2D eigenvalue weighted by atomic mass is 10.1. The molecule has 17 heavy (non-hydrogen) atoms. The molecule has 0 aromatic heterocycles. The fourth-order valence-electron chi connectivity index (χ4n) is 1.14. The van der Waals surface area contributed by atoms with Crippen LogP contribution in [0.15, 0.2) is 24.3 Å². The Hall–Kier alpha value is -1.95. The topological polar surface area (TPSA) is 84.2 Å². The van der Waals surface area contributed by atoms with Gasteiger partial charge in [0.05, 0.1) is 6.54 Å². The van der Waals surface area contributed by atoms with E-state index in [0.717, 1.165) is 0 Å². The zero-order chi connectivity index (χ0) is 12.8. The molecule has 2 amide bonds. The lowest BCUT2D eigenvalue weighted by Crippen LogP contribution is -2.35. The van der Waals surface area contributed by atoms with Crippen molar-refractivity contribution in [1.82, 2.24) is 10.6 Å². The molecule has 5 nitrogen and oxygen atoms in total. The number of likely N-dealkylation sites (N-methyl/N-ethyl adjacent to an activating group) is 1. The van der Waals surface area contributed by atoms with Gasteiger partial charge in [0.1, 0.15) is 4.99 Å². The summed E-state index contributed by atoms with van der Waals surface area (Å²) < 4.78 is 0. The van der Waals surface area contributed by atoms with Crippen molar-refractivity contribution in [1.29, 1.82) is 0 Å². The number of hydrogen-bond acceptors (Lipinski definition) is 3. The third-order valence-electron chi connectivity index (χ3n) is 2.12. The van der Waals surface area contributed by atoms with E-state index < -0.39 is 0 Å². The number of rotatable bonds is 4. The molecular formula is C11H13N3O2S. The highest BCUT2D eigenvalue weighted by atomic mass is 32.1. The van der Waals surface area contributed by atoms with Crippen LogP contribution in [0.2, 0.25) is 0 Å². The van der Waals surface area contributed by atoms with E-state index in [1.807, 2.05) is 0 Å². The van der Waals surface area contributed by atoms with Crippen molar-refractivity contribution in [2.75, 3.05) is 13.6 Å². The minimum Gasteiger partial charge on any atom is -0.389 e. The number of nitrogens with one attached hydrogen (secondary N) is 2. The molecule has 0 aliphatic heterocycles. The normalized spacial score (nSPS) is 9.47. The Morgan fingerprint density at radius 1 is 1.24 bits per heavy atom. The zero-order valence-electron chi connectivity index (χ0n) is 9.32. The van der Waals surface area contributed by atoms with Crippen molar-refractivity contribution < 1.29 is 9.59 Å². The Bertz CT molecular complexity index is 443. The predicted molar refractivity (Wildman–Crippen MR) is 68.7 cm³/mol. The standard InChI is InChI=1S/C11H13N3O2S/c1-13-9(15)6-14-11(16)8-4-2-7(3-5-8)10(12)17/h2-5H,6H2,1H3,(H2,12,17)(H,13,15)(H,14,16). The Morgan fingerprint density at radius 2 is 1.76 bits per heavy atom. The van der Waals surface area contributed by atoms with Crippen LogP contribution >= 0.6 is 12.2 Å². The van der Waals surface area contributed by atoms with Gasteiger partial charge < -0.3 is 16.4 Å². The third kappa shape index (κ3) is 3.84. The fourth-order valence-corrected chi connectivity index (χ4v) is 1.27. The van der Waals surface area contributed by atoms with Crippen molar-refractivity contribution in [3.63, 3.8) is 0 Å². The maximum absolute atomic E-state index is 11.6. The van der Waals surface area contributed by atoms with Gasteiger partial charge in [-0.25, -0.2) is 0 Å². The minimum atomic E-state index is -0.317. The van der Waals surface area contributed by atoms with Gasteiger partial charge in [-0.3, -0.25) is 9.59 Å². The van der Waals surface area contributed by atoms with E-state index in [-0.39, 0.29) is 23.3 Å². The quantitative estimate of drug-likeness (QED) is 0.647. The molecule has 6 heteroatoms. The van der Waals surface area contributed by atoms with Crippen molar-refractivity contribution in [2.45, 2.75) is 0 Å². The molecule has 0 radical (unpaired) electrons. The summed E-state index contributed by atoms with van der Waals surface area (Å²) in [7, 11) is 1.51. The number of amides is 2. The monoisotopic (exact) mass is 251 g/mol. The molecule has 0 atom stereocenters. The molecular weight excluding hydrogens is 238 g/mol. The molecule has 0 heterocycles. The number of nitrogens with two attached hydrogens (primary N) is 1. The van der Waals surface area contributed by atoms with Gasteiger partial charge in [0.2, 0.25) is 5.91 Å². The molecule has 4 N–H and O–H groups in total. The largest absolute Gasteiger partial charge is 0.389 e. The first-order valence-electron chi connectivity index (χ1n) is 4.93. The summed E-state index contributed by atoms with van der Waals surface area (Å²) in [5.74, 6) is -0.568. The molecule has 0 aliphatic rings. The van der Waals surface area contributed by atoms with Crippen LogP contribution in [0.25, 0.3) is 0 Å². The first-order valence-corrected chi connectivity index (χ1v) is 5.34. The molecule has 0 spiro atoms. The zero-order valence-corrected chi connectivity index (χ0v) is 10.1. The molecule has 1 rings (SSSR count). The van der Waals surface area contributed by atoms with Crippen LogP contribution in [-0.4, -0.2) is 30.4 Å². The van der Waals surface area contributed by atoms with E-state index in [1.165, 1.54) is 7.05 Å². The van der Waals surface area contributed by atoms with E-state index in [1.54, 1.807) is 24.3 Å². The van der Waals surface area contributed by atoms with Crippen LogP contribution in [0.4, 0.5) is 0 Å². The molecule has 0 fully saturated rings. The number of thiocarbonyl (C=S) groups is 1. The summed E-state index contributed by atoms with van der Waals surface area (Å²) in [5, 5.41) is 4.89. The number of carbonyl (C=O) groups is 2. The summed E-state index contributed by atoms with van der Waals surface area (Å²) >= 11 is 4.80. The minimum absolute atomic E-state index is 0.0492. The molecule has 90 valence electrons. The van der Waals surface area contributed by atoms with Crippen LogP contribution in [0, 0.1) is 0 Å². The second-order valence-electron chi connectivity index (χ2n) is 3.30. The first kappa shape index (κ1) is 13.1. The van der Waals surface area contributed by atoms with Crippen molar-refractivity contribution >= 4 is 29.0 Å². The summed E-state index contributed by atoms with van der Waals surface area (Å²) in [4.78, 5) is 22.8. The molecule has 0 saturated carbocycles. The van der Waals surface area contributed by atoms with Gasteiger partial charge in [-0.05, 0) is 12.1 Å². The lowest BCUT2D eigenvalue weighted by molar-refractivity contribution is -0.119. The molecule has 0 saturated heterocycles. The van der Waals surface area contributed by atoms with Gasteiger partial charge in [-0.15, -0.1) is 0 Å². The molecule has 1 aromatic rings. The second kappa shape index (κ2) is 5.95. The predicted octanol–water partition coefficient (Wildman–Crippen LogP) is -0.203. The van der Waals surface area contributed by atoms with Gasteiger partial charge in [0, 0.05) is 18.2 Å². The summed E-state index contributed by atoms with van der Waals surface area (Å²) in [5.41, 5.74) is 6.58. The molecule has 0 aliphatic carbocycles. The van der Waals surface area contributed by atoms with Gasteiger partial charge in [-0.1, -0.05) is 24.4 Å². The Kier molecular flexibility index (Phi) is 4.59. The van der Waals surface area contributed by atoms with Crippen LogP contribution in [0.1, 0.15) is 15.9 Å². The van der Waals surface area contributed by atoms with E-state index >= 15 is 0 Å². The van der Waals surface area contributed by atoms with Crippen LogP contribution in [0.3, 0.4) is 0 Å². The maximum Gasteiger partial charge on any atom is 0.251 e. The molecule has 1 aromatic carbocycles. The summed E-state index contributed by atoms with van der Waals surface area (Å²) in [6.45, 7) is -0.0492. The molecule has 0 bridgehead atoms. The Balaban J connectivity index is 2.64. The van der Waals surface area contributed by atoms with E-state index in [9.17, 15) is 9.59 Å². The van der Waals surface area contributed by atoms with Crippen molar-refractivity contribution in [3.05, 3.63) is 35.4 Å².